The molecule has 0 spiro atoms. The molecular weight excluding hydrogens is 344 g/mol. The molecule has 0 aliphatic carbocycles. The molecule has 0 atom stereocenters. The Hall–Kier alpha value is -3.19. The summed E-state index contributed by atoms with van der Waals surface area (Å²) < 4.78 is 10.8. The zero-order valence-electron chi connectivity index (χ0n) is 15.4. The summed E-state index contributed by atoms with van der Waals surface area (Å²) >= 11 is 0. The lowest BCUT2D eigenvalue weighted by molar-refractivity contribution is 0.1000. The Kier molecular flexibility index (Phi) is 5.83. The number of nitrogens with one attached hydrogen (secondary N) is 1. The van der Waals surface area contributed by atoms with E-state index in [9.17, 15) is 4.79 Å². The van der Waals surface area contributed by atoms with Crippen LogP contribution >= 0.6 is 0 Å². The average molecular weight is 366 g/mol. The number of aryl methyl sites for hydroxylation is 2. The molecule has 0 aliphatic rings. The van der Waals surface area contributed by atoms with Gasteiger partial charge in [-0.25, -0.2) is 4.98 Å². The van der Waals surface area contributed by atoms with E-state index in [0.717, 1.165) is 36.5 Å². The summed E-state index contributed by atoms with van der Waals surface area (Å²) in [6, 6.07) is 11.0. The SMILES string of the molecule is Cc1noc(C)c1CNCCc1ccc(Oc2ccc(C(N)=O)cn2)cc1. The number of pyridine rings is 1. The van der Waals surface area contributed by atoms with Crippen molar-refractivity contribution in [1.29, 1.82) is 0 Å². The largest absolute Gasteiger partial charge is 0.439 e. The van der Waals surface area contributed by atoms with Gasteiger partial charge in [0.25, 0.3) is 0 Å². The summed E-state index contributed by atoms with van der Waals surface area (Å²) in [4.78, 5) is 15.1. The quantitative estimate of drug-likeness (QED) is 0.594. The van der Waals surface area contributed by atoms with Crippen LogP contribution in [0.4, 0.5) is 0 Å². The Morgan fingerprint density at radius 1 is 1.19 bits per heavy atom. The van der Waals surface area contributed by atoms with Crippen LogP contribution in [0.1, 0.15) is 32.9 Å². The molecule has 0 bridgehead atoms. The highest BCUT2D eigenvalue weighted by atomic mass is 16.5. The lowest BCUT2D eigenvalue weighted by Gasteiger charge is -2.07. The fourth-order valence-corrected chi connectivity index (χ4v) is 2.63. The van der Waals surface area contributed by atoms with Gasteiger partial charge in [0.1, 0.15) is 11.5 Å². The summed E-state index contributed by atoms with van der Waals surface area (Å²) in [7, 11) is 0. The molecule has 2 aromatic heterocycles. The molecule has 0 unspecified atom stereocenters. The molecule has 2 heterocycles. The molecule has 1 amide bonds. The maximum Gasteiger partial charge on any atom is 0.250 e. The molecule has 3 aromatic rings. The molecule has 0 radical (unpaired) electrons. The Morgan fingerprint density at radius 2 is 1.96 bits per heavy atom. The molecule has 0 aliphatic heterocycles. The molecule has 140 valence electrons. The van der Waals surface area contributed by atoms with E-state index in [4.69, 9.17) is 15.0 Å². The van der Waals surface area contributed by atoms with Crippen molar-refractivity contribution < 1.29 is 14.1 Å². The van der Waals surface area contributed by atoms with Crippen molar-refractivity contribution in [3.8, 4) is 11.6 Å². The third-order valence-electron chi connectivity index (χ3n) is 4.24. The van der Waals surface area contributed by atoms with Gasteiger partial charge in [-0.3, -0.25) is 4.79 Å². The minimum atomic E-state index is -0.513. The molecule has 1 aromatic carbocycles. The van der Waals surface area contributed by atoms with E-state index in [1.54, 1.807) is 12.1 Å². The molecule has 7 heteroatoms. The van der Waals surface area contributed by atoms with Crippen LogP contribution in [0, 0.1) is 13.8 Å². The van der Waals surface area contributed by atoms with E-state index >= 15 is 0 Å². The number of nitrogens with two attached hydrogens (primary N) is 1. The molecule has 27 heavy (non-hydrogen) atoms. The number of aromatic nitrogens is 2. The minimum Gasteiger partial charge on any atom is -0.439 e. The topological polar surface area (TPSA) is 103 Å². The fourth-order valence-electron chi connectivity index (χ4n) is 2.63. The van der Waals surface area contributed by atoms with Crippen LogP contribution < -0.4 is 15.8 Å². The van der Waals surface area contributed by atoms with E-state index in [2.05, 4.69) is 15.5 Å². The van der Waals surface area contributed by atoms with Crippen LogP contribution in [0.5, 0.6) is 11.6 Å². The van der Waals surface area contributed by atoms with E-state index in [-0.39, 0.29) is 0 Å². The second-order valence-electron chi connectivity index (χ2n) is 6.22. The number of primary amides is 1. The molecular formula is C20H22N4O3. The van der Waals surface area contributed by atoms with Crippen LogP contribution in [-0.4, -0.2) is 22.6 Å². The zero-order valence-corrected chi connectivity index (χ0v) is 15.4. The van der Waals surface area contributed by atoms with Gasteiger partial charge < -0.3 is 20.3 Å². The number of benzene rings is 1. The molecule has 7 nitrogen and oxygen atoms in total. The first-order valence-corrected chi connectivity index (χ1v) is 8.68. The Morgan fingerprint density at radius 3 is 2.56 bits per heavy atom. The predicted octanol–water partition coefficient (Wildman–Crippen LogP) is 2.91. The van der Waals surface area contributed by atoms with Gasteiger partial charge in [-0.05, 0) is 50.6 Å². The van der Waals surface area contributed by atoms with Gasteiger partial charge in [0.15, 0.2) is 0 Å². The van der Waals surface area contributed by atoms with Gasteiger partial charge in [-0.15, -0.1) is 0 Å². The lowest BCUT2D eigenvalue weighted by atomic mass is 10.1. The maximum atomic E-state index is 11.0. The molecule has 0 saturated carbocycles. The summed E-state index contributed by atoms with van der Waals surface area (Å²) in [5.41, 5.74) is 8.79. The summed E-state index contributed by atoms with van der Waals surface area (Å²) in [5, 5.41) is 7.36. The van der Waals surface area contributed by atoms with Gasteiger partial charge in [-0.1, -0.05) is 17.3 Å². The number of carbonyl (C=O) groups excluding carboxylic acids is 1. The monoisotopic (exact) mass is 366 g/mol. The number of nitrogens with zero attached hydrogens (tertiary/aromatic N) is 2. The Bertz CT molecular complexity index is 882. The molecule has 3 rings (SSSR count). The van der Waals surface area contributed by atoms with Crippen molar-refractivity contribution in [2.24, 2.45) is 5.73 Å². The smallest absolute Gasteiger partial charge is 0.250 e. The third-order valence-corrected chi connectivity index (χ3v) is 4.24. The minimum absolute atomic E-state index is 0.349. The van der Waals surface area contributed by atoms with E-state index in [1.165, 1.54) is 11.8 Å². The Balaban J connectivity index is 1.47. The number of ether oxygens (including phenoxy) is 1. The first-order chi connectivity index (χ1) is 13.0. The molecule has 0 fully saturated rings. The van der Waals surface area contributed by atoms with Crippen molar-refractivity contribution in [2.75, 3.05) is 6.54 Å². The maximum absolute atomic E-state index is 11.0. The van der Waals surface area contributed by atoms with Gasteiger partial charge in [0, 0.05) is 24.4 Å². The van der Waals surface area contributed by atoms with Gasteiger partial charge in [0.05, 0.1) is 11.3 Å². The van der Waals surface area contributed by atoms with Crippen molar-refractivity contribution in [2.45, 2.75) is 26.8 Å². The predicted molar refractivity (Wildman–Crippen MR) is 101 cm³/mol. The van der Waals surface area contributed by atoms with Gasteiger partial charge >= 0.3 is 0 Å². The van der Waals surface area contributed by atoms with Crippen LogP contribution in [-0.2, 0) is 13.0 Å². The number of rotatable bonds is 8. The van der Waals surface area contributed by atoms with E-state index in [0.29, 0.717) is 17.2 Å². The second kappa shape index (κ2) is 8.46. The third kappa shape index (κ3) is 4.92. The van der Waals surface area contributed by atoms with Crippen LogP contribution in [0.2, 0.25) is 0 Å². The van der Waals surface area contributed by atoms with Crippen LogP contribution in [0.15, 0.2) is 47.1 Å². The van der Waals surface area contributed by atoms with E-state index in [1.807, 2.05) is 38.1 Å². The fraction of sp³-hybridized carbons (Fsp3) is 0.250. The molecule has 0 saturated heterocycles. The normalized spacial score (nSPS) is 10.7. The van der Waals surface area contributed by atoms with Crippen LogP contribution in [0.3, 0.4) is 0 Å². The van der Waals surface area contributed by atoms with E-state index < -0.39 is 5.91 Å². The first kappa shape index (κ1) is 18.6. The van der Waals surface area contributed by atoms with Crippen molar-refractivity contribution in [1.82, 2.24) is 15.5 Å². The van der Waals surface area contributed by atoms with Crippen molar-refractivity contribution in [3.63, 3.8) is 0 Å². The number of hydrogen-bond acceptors (Lipinski definition) is 6. The van der Waals surface area contributed by atoms with Gasteiger partial charge in [0.2, 0.25) is 11.8 Å². The molecule has 3 N–H and O–H groups in total. The summed E-state index contributed by atoms with van der Waals surface area (Å²) in [5.74, 6) is 1.44. The average Bonchev–Trinajstić information content (AvgIpc) is 2.98. The first-order valence-electron chi connectivity index (χ1n) is 8.68. The van der Waals surface area contributed by atoms with Crippen LogP contribution in [0.25, 0.3) is 0 Å². The lowest BCUT2D eigenvalue weighted by Crippen LogP contribution is -2.17. The summed E-state index contributed by atoms with van der Waals surface area (Å²) in [6.45, 7) is 5.46. The second-order valence-corrected chi connectivity index (χ2v) is 6.22. The van der Waals surface area contributed by atoms with Crippen molar-refractivity contribution in [3.05, 3.63) is 70.7 Å². The number of amides is 1. The zero-order chi connectivity index (χ0) is 19.2. The standard InChI is InChI=1S/C20H22N4O3/c1-13-18(14(2)27-24-13)12-22-10-9-15-3-6-17(7-4-15)26-19-8-5-16(11-23-19)20(21)25/h3-8,11,22H,9-10,12H2,1-2H3,(H2,21,25). The Labute approximate surface area is 157 Å². The highest BCUT2D eigenvalue weighted by Crippen LogP contribution is 2.20. The number of hydrogen-bond donors (Lipinski definition) is 2. The number of carbonyl (C=O) groups is 1. The highest BCUT2D eigenvalue weighted by molar-refractivity contribution is 5.92. The highest BCUT2D eigenvalue weighted by Gasteiger charge is 2.08. The van der Waals surface area contributed by atoms with Gasteiger partial charge in [-0.2, -0.15) is 0 Å². The van der Waals surface area contributed by atoms with Crippen molar-refractivity contribution >= 4 is 5.91 Å². The summed E-state index contributed by atoms with van der Waals surface area (Å²) in [6.07, 6.45) is 2.30.